The van der Waals surface area contributed by atoms with Gasteiger partial charge in [-0.05, 0) is 6.42 Å². The van der Waals surface area contributed by atoms with Crippen LogP contribution in [0.15, 0.2) is 6.07 Å². The summed E-state index contributed by atoms with van der Waals surface area (Å²) in [7, 11) is 0. The first-order valence-electron chi connectivity index (χ1n) is 5.27. The molecule has 5 heteroatoms. The Kier molecular flexibility index (Phi) is 4.83. The molecule has 84 valence electrons. The molecule has 15 heavy (non-hydrogen) atoms. The summed E-state index contributed by atoms with van der Waals surface area (Å²) in [6.45, 7) is 4.79. The van der Waals surface area contributed by atoms with Crippen molar-refractivity contribution in [1.29, 1.82) is 0 Å². The molecule has 1 aromatic heterocycles. The van der Waals surface area contributed by atoms with E-state index in [2.05, 4.69) is 22.3 Å². The van der Waals surface area contributed by atoms with E-state index in [1.807, 2.05) is 6.92 Å². The summed E-state index contributed by atoms with van der Waals surface area (Å²) in [5.74, 6) is 7.21. The summed E-state index contributed by atoms with van der Waals surface area (Å²) in [6.07, 6.45) is 2.89. The van der Waals surface area contributed by atoms with Crippen molar-refractivity contribution in [2.75, 3.05) is 12.0 Å². The molecule has 1 rings (SSSR count). The van der Waals surface area contributed by atoms with Crippen molar-refractivity contribution in [1.82, 2.24) is 9.97 Å². The largest absolute Gasteiger partial charge is 0.478 e. The van der Waals surface area contributed by atoms with Crippen molar-refractivity contribution in [2.24, 2.45) is 5.84 Å². The van der Waals surface area contributed by atoms with Crippen LogP contribution in [0.3, 0.4) is 0 Å². The fraction of sp³-hybridized carbons (Fsp3) is 0.600. The lowest BCUT2D eigenvalue weighted by atomic mass is 10.4. The standard InChI is InChI=1S/C10H18N4O/c1-3-5-6-15-10-7-9(14-11)12-8(4-2)13-10/h7H,3-6,11H2,1-2H3,(H,12,13,14). The average Bonchev–Trinajstić information content (AvgIpc) is 2.29. The van der Waals surface area contributed by atoms with E-state index in [1.54, 1.807) is 6.07 Å². The first kappa shape index (κ1) is 11.7. The van der Waals surface area contributed by atoms with E-state index in [-0.39, 0.29) is 0 Å². The minimum atomic E-state index is 0.586. The molecule has 0 saturated heterocycles. The number of nitrogens with one attached hydrogen (secondary N) is 1. The maximum atomic E-state index is 5.48. The maximum absolute atomic E-state index is 5.48. The van der Waals surface area contributed by atoms with Gasteiger partial charge in [-0.2, -0.15) is 4.98 Å². The predicted octanol–water partition coefficient (Wildman–Crippen LogP) is 1.50. The second kappa shape index (κ2) is 6.19. The number of hydrogen-bond acceptors (Lipinski definition) is 5. The van der Waals surface area contributed by atoms with Crippen molar-refractivity contribution in [2.45, 2.75) is 33.1 Å². The van der Waals surface area contributed by atoms with Gasteiger partial charge in [0.05, 0.1) is 6.61 Å². The Labute approximate surface area is 90.0 Å². The third-order valence-corrected chi connectivity index (χ3v) is 1.96. The van der Waals surface area contributed by atoms with Crippen molar-refractivity contribution in [3.63, 3.8) is 0 Å². The van der Waals surface area contributed by atoms with Gasteiger partial charge in [-0.25, -0.2) is 10.8 Å². The van der Waals surface area contributed by atoms with Crippen LogP contribution in [0, 0.1) is 0 Å². The minimum Gasteiger partial charge on any atom is -0.478 e. The van der Waals surface area contributed by atoms with Gasteiger partial charge in [-0.15, -0.1) is 0 Å². The highest BCUT2D eigenvalue weighted by molar-refractivity contribution is 5.36. The van der Waals surface area contributed by atoms with E-state index in [0.717, 1.165) is 25.1 Å². The number of nitrogens with two attached hydrogens (primary N) is 1. The molecule has 1 aromatic rings. The van der Waals surface area contributed by atoms with Crippen LogP contribution in [-0.4, -0.2) is 16.6 Å². The van der Waals surface area contributed by atoms with Gasteiger partial charge in [0, 0.05) is 12.5 Å². The fourth-order valence-corrected chi connectivity index (χ4v) is 1.10. The topological polar surface area (TPSA) is 73.1 Å². The van der Waals surface area contributed by atoms with Gasteiger partial charge >= 0.3 is 0 Å². The zero-order valence-electron chi connectivity index (χ0n) is 9.29. The van der Waals surface area contributed by atoms with Gasteiger partial charge in [0.2, 0.25) is 5.88 Å². The van der Waals surface area contributed by atoms with Crippen LogP contribution in [0.2, 0.25) is 0 Å². The van der Waals surface area contributed by atoms with E-state index in [0.29, 0.717) is 18.3 Å². The molecule has 0 aliphatic heterocycles. The first-order chi connectivity index (χ1) is 7.30. The molecule has 5 nitrogen and oxygen atoms in total. The number of aryl methyl sites for hydroxylation is 1. The normalized spacial score (nSPS) is 10.1. The summed E-state index contributed by atoms with van der Waals surface area (Å²) in [4.78, 5) is 8.41. The number of nitrogens with zero attached hydrogens (tertiary/aromatic N) is 2. The third-order valence-electron chi connectivity index (χ3n) is 1.96. The highest BCUT2D eigenvalue weighted by atomic mass is 16.5. The molecule has 0 fully saturated rings. The molecule has 0 aromatic carbocycles. The smallest absolute Gasteiger partial charge is 0.218 e. The second-order valence-corrected chi connectivity index (χ2v) is 3.21. The van der Waals surface area contributed by atoms with Gasteiger partial charge in [0.1, 0.15) is 11.6 Å². The van der Waals surface area contributed by atoms with Gasteiger partial charge in [-0.3, -0.25) is 0 Å². The number of aromatic nitrogens is 2. The number of ether oxygens (including phenoxy) is 1. The molecular weight excluding hydrogens is 192 g/mol. The molecule has 0 radical (unpaired) electrons. The Bertz CT molecular complexity index is 281. The second-order valence-electron chi connectivity index (χ2n) is 3.21. The van der Waals surface area contributed by atoms with Crippen molar-refractivity contribution < 1.29 is 4.74 Å². The molecule has 0 unspecified atom stereocenters. The average molecular weight is 210 g/mol. The van der Waals surface area contributed by atoms with Gasteiger partial charge < -0.3 is 10.2 Å². The van der Waals surface area contributed by atoms with Gasteiger partial charge in [0.25, 0.3) is 0 Å². The van der Waals surface area contributed by atoms with Crippen LogP contribution >= 0.6 is 0 Å². The molecule has 0 aliphatic rings. The number of unbranched alkanes of at least 4 members (excludes halogenated alkanes) is 1. The molecular formula is C10H18N4O. The zero-order valence-corrected chi connectivity index (χ0v) is 9.29. The highest BCUT2D eigenvalue weighted by Gasteiger charge is 2.02. The van der Waals surface area contributed by atoms with Crippen LogP contribution < -0.4 is 16.0 Å². The molecule has 1 heterocycles. The summed E-state index contributed by atoms with van der Waals surface area (Å²) in [5.41, 5.74) is 2.50. The lowest BCUT2D eigenvalue weighted by Gasteiger charge is -2.07. The lowest BCUT2D eigenvalue weighted by Crippen LogP contribution is -2.11. The summed E-state index contributed by atoms with van der Waals surface area (Å²) in [5, 5.41) is 0. The third kappa shape index (κ3) is 3.71. The van der Waals surface area contributed by atoms with Crippen LogP contribution in [0.25, 0.3) is 0 Å². The number of hydrazine groups is 1. The fourth-order valence-electron chi connectivity index (χ4n) is 1.10. The van der Waals surface area contributed by atoms with Crippen molar-refractivity contribution >= 4 is 5.82 Å². The highest BCUT2D eigenvalue weighted by Crippen LogP contribution is 2.13. The molecule has 0 amide bonds. The molecule has 0 bridgehead atoms. The zero-order chi connectivity index (χ0) is 11.1. The summed E-state index contributed by atoms with van der Waals surface area (Å²) < 4.78 is 5.48. The van der Waals surface area contributed by atoms with Gasteiger partial charge in [-0.1, -0.05) is 20.3 Å². The van der Waals surface area contributed by atoms with E-state index in [1.165, 1.54) is 0 Å². The molecule has 0 aliphatic carbocycles. The Morgan fingerprint density at radius 2 is 2.20 bits per heavy atom. The number of rotatable bonds is 6. The van der Waals surface area contributed by atoms with E-state index in [4.69, 9.17) is 10.6 Å². The van der Waals surface area contributed by atoms with Crippen LogP contribution in [0.4, 0.5) is 5.82 Å². The Morgan fingerprint density at radius 1 is 1.40 bits per heavy atom. The van der Waals surface area contributed by atoms with Gasteiger partial charge in [0.15, 0.2) is 0 Å². The van der Waals surface area contributed by atoms with Crippen LogP contribution in [0.1, 0.15) is 32.5 Å². The molecule has 0 spiro atoms. The predicted molar refractivity (Wildman–Crippen MR) is 59.6 cm³/mol. The Balaban J connectivity index is 2.68. The van der Waals surface area contributed by atoms with Crippen molar-refractivity contribution in [3.8, 4) is 5.88 Å². The van der Waals surface area contributed by atoms with E-state index >= 15 is 0 Å². The SMILES string of the molecule is CCCCOc1cc(NN)nc(CC)n1. The molecule has 3 N–H and O–H groups in total. The summed E-state index contributed by atoms with van der Waals surface area (Å²) in [6, 6.07) is 1.70. The molecule has 0 saturated carbocycles. The van der Waals surface area contributed by atoms with E-state index < -0.39 is 0 Å². The Hall–Kier alpha value is -1.36. The van der Waals surface area contributed by atoms with Crippen LogP contribution in [-0.2, 0) is 6.42 Å². The maximum Gasteiger partial charge on any atom is 0.218 e. The number of anilines is 1. The summed E-state index contributed by atoms with van der Waals surface area (Å²) >= 11 is 0. The van der Waals surface area contributed by atoms with Crippen molar-refractivity contribution in [3.05, 3.63) is 11.9 Å². The molecule has 0 atom stereocenters. The lowest BCUT2D eigenvalue weighted by molar-refractivity contribution is 0.296. The minimum absolute atomic E-state index is 0.586. The quantitative estimate of drug-likeness (QED) is 0.423. The number of hydrogen-bond donors (Lipinski definition) is 2. The number of nitrogen functional groups attached to an aromatic ring is 1. The monoisotopic (exact) mass is 210 g/mol. The van der Waals surface area contributed by atoms with E-state index in [9.17, 15) is 0 Å². The first-order valence-corrected chi connectivity index (χ1v) is 5.27. The Morgan fingerprint density at radius 3 is 2.80 bits per heavy atom. The van der Waals surface area contributed by atoms with Crippen LogP contribution in [0.5, 0.6) is 5.88 Å².